The molecule has 0 atom stereocenters. The van der Waals surface area contributed by atoms with Crippen LogP contribution in [0.15, 0.2) is 23.8 Å². The van der Waals surface area contributed by atoms with Crippen LogP contribution >= 0.6 is 0 Å². The Balaban J connectivity index is 3.85. The predicted octanol–water partition coefficient (Wildman–Crippen LogP) is 2.46. The molecule has 0 amide bonds. The van der Waals surface area contributed by atoms with Gasteiger partial charge in [-0.05, 0) is 18.9 Å². The SMILES string of the molecule is C/C=C(\C=C/CC)COC(C)=O. The minimum Gasteiger partial charge on any atom is -0.461 e. The van der Waals surface area contributed by atoms with Crippen LogP contribution in [-0.2, 0) is 9.53 Å². The highest BCUT2D eigenvalue weighted by Crippen LogP contribution is 1.98. The zero-order valence-corrected chi connectivity index (χ0v) is 7.96. The molecule has 0 unspecified atom stereocenters. The lowest BCUT2D eigenvalue weighted by Crippen LogP contribution is -2.01. The van der Waals surface area contributed by atoms with Crippen LogP contribution in [0.3, 0.4) is 0 Å². The average Bonchev–Trinajstić information content (AvgIpc) is 2.05. The van der Waals surface area contributed by atoms with Crippen LogP contribution in [0.2, 0.25) is 0 Å². The molecule has 2 nitrogen and oxygen atoms in total. The molecule has 0 aliphatic rings. The summed E-state index contributed by atoms with van der Waals surface area (Å²) in [5.41, 5.74) is 1.03. The molecule has 0 aliphatic carbocycles. The van der Waals surface area contributed by atoms with E-state index < -0.39 is 0 Å². The number of hydrogen-bond donors (Lipinski definition) is 0. The highest BCUT2D eigenvalue weighted by Gasteiger charge is 1.94. The Labute approximate surface area is 73.9 Å². The molecule has 12 heavy (non-hydrogen) atoms. The van der Waals surface area contributed by atoms with E-state index in [9.17, 15) is 4.79 Å². The molecule has 0 N–H and O–H groups in total. The number of ether oxygens (including phenoxy) is 1. The second-order valence-corrected chi connectivity index (χ2v) is 2.45. The molecule has 2 heteroatoms. The minimum atomic E-state index is -0.237. The number of allylic oxidation sites excluding steroid dienone is 2. The summed E-state index contributed by atoms with van der Waals surface area (Å²) in [5.74, 6) is -0.237. The van der Waals surface area contributed by atoms with E-state index in [0.29, 0.717) is 6.61 Å². The zero-order chi connectivity index (χ0) is 9.40. The average molecular weight is 168 g/mol. The van der Waals surface area contributed by atoms with Crippen LogP contribution in [0.1, 0.15) is 27.2 Å². The molecule has 68 valence electrons. The van der Waals surface area contributed by atoms with Gasteiger partial charge >= 0.3 is 5.97 Å². The molecule has 0 rings (SSSR count). The van der Waals surface area contributed by atoms with Crippen LogP contribution in [0.4, 0.5) is 0 Å². The second-order valence-electron chi connectivity index (χ2n) is 2.45. The van der Waals surface area contributed by atoms with Crippen molar-refractivity contribution in [3.05, 3.63) is 23.8 Å². The summed E-state index contributed by atoms with van der Waals surface area (Å²) in [5, 5.41) is 0. The van der Waals surface area contributed by atoms with E-state index in [2.05, 4.69) is 6.92 Å². The molecule has 0 aliphatic heterocycles. The van der Waals surface area contributed by atoms with Gasteiger partial charge in [-0.1, -0.05) is 25.2 Å². The van der Waals surface area contributed by atoms with Crippen molar-refractivity contribution in [2.24, 2.45) is 0 Å². The summed E-state index contributed by atoms with van der Waals surface area (Å²) < 4.78 is 4.83. The largest absolute Gasteiger partial charge is 0.461 e. The number of esters is 1. The van der Waals surface area contributed by atoms with Crippen molar-refractivity contribution >= 4 is 5.97 Å². The van der Waals surface area contributed by atoms with Crippen molar-refractivity contribution in [1.29, 1.82) is 0 Å². The second kappa shape index (κ2) is 6.65. The van der Waals surface area contributed by atoms with E-state index in [0.717, 1.165) is 12.0 Å². The maximum Gasteiger partial charge on any atom is 0.302 e. The van der Waals surface area contributed by atoms with Gasteiger partial charge in [-0.25, -0.2) is 0 Å². The Morgan fingerprint density at radius 3 is 2.58 bits per heavy atom. The van der Waals surface area contributed by atoms with E-state index >= 15 is 0 Å². The first-order valence-corrected chi connectivity index (χ1v) is 4.15. The van der Waals surface area contributed by atoms with Gasteiger partial charge in [0, 0.05) is 6.92 Å². The Bertz CT molecular complexity index is 190. The summed E-state index contributed by atoms with van der Waals surface area (Å²) in [6, 6.07) is 0. The Hall–Kier alpha value is -1.05. The lowest BCUT2D eigenvalue weighted by molar-refractivity contribution is -0.139. The summed E-state index contributed by atoms with van der Waals surface area (Å²) in [6.45, 7) is 5.79. The van der Waals surface area contributed by atoms with E-state index in [-0.39, 0.29) is 5.97 Å². The molecule has 0 saturated heterocycles. The summed E-state index contributed by atoms with van der Waals surface area (Å²) >= 11 is 0. The Morgan fingerprint density at radius 1 is 1.50 bits per heavy atom. The third-order valence-corrected chi connectivity index (χ3v) is 1.38. The monoisotopic (exact) mass is 168 g/mol. The van der Waals surface area contributed by atoms with Crippen molar-refractivity contribution in [3.8, 4) is 0 Å². The summed E-state index contributed by atoms with van der Waals surface area (Å²) in [6.07, 6.45) is 6.95. The fourth-order valence-electron chi connectivity index (χ4n) is 0.682. The maximum atomic E-state index is 10.5. The molecule has 0 heterocycles. The van der Waals surface area contributed by atoms with Gasteiger partial charge in [-0.15, -0.1) is 0 Å². The maximum absolute atomic E-state index is 10.5. The van der Waals surface area contributed by atoms with Crippen LogP contribution in [-0.4, -0.2) is 12.6 Å². The molecule has 0 aromatic heterocycles. The van der Waals surface area contributed by atoms with Gasteiger partial charge < -0.3 is 4.74 Å². The highest BCUT2D eigenvalue weighted by molar-refractivity contribution is 5.66. The Morgan fingerprint density at radius 2 is 2.17 bits per heavy atom. The van der Waals surface area contributed by atoms with Crippen LogP contribution in [0, 0.1) is 0 Å². The number of hydrogen-bond acceptors (Lipinski definition) is 2. The predicted molar refractivity (Wildman–Crippen MR) is 49.8 cm³/mol. The zero-order valence-electron chi connectivity index (χ0n) is 7.96. The standard InChI is InChI=1S/C10H16O2/c1-4-6-7-10(5-2)8-12-9(3)11/h5-7H,4,8H2,1-3H3/b7-6-,10-5+. The molecule has 0 saturated carbocycles. The molecule has 0 spiro atoms. The first-order valence-electron chi connectivity index (χ1n) is 4.15. The van der Waals surface area contributed by atoms with Crippen LogP contribution in [0.5, 0.6) is 0 Å². The van der Waals surface area contributed by atoms with Crippen molar-refractivity contribution in [2.75, 3.05) is 6.61 Å². The van der Waals surface area contributed by atoms with Crippen molar-refractivity contribution in [3.63, 3.8) is 0 Å². The van der Waals surface area contributed by atoms with Crippen LogP contribution < -0.4 is 0 Å². The fourth-order valence-corrected chi connectivity index (χ4v) is 0.682. The fraction of sp³-hybridized carbons (Fsp3) is 0.500. The van der Waals surface area contributed by atoms with Crippen molar-refractivity contribution in [2.45, 2.75) is 27.2 Å². The summed E-state index contributed by atoms with van der Waals surface area (Å²) in [4.78, 5) is 10.5. The topological polar surface area (TPSA) is 26.3 Å². The number of carbonyl (C=O) groups is 1. The van der Waals surface area contributed by atoms with Crippen molar-refractivity contribution < 1.29 is 9.53 Å². The van der Waals surface area contributed by atoms with Gasteiger partial charge in [0.15, 0.2) is 0 Å². The lowest BCUT2D eigenvalue weighted by Gasteiger charge is -2.01. The van der Waals surface area contributed by atoms with Gasteiger partial charge in [-0.2, -0.15) is 0 Å². The molecule has 0 radical (unpaired) electrons. The quantitative estimate of drug-likeness (QED) is 0.476. The lowest BCUT2D eigenvalue weighted by atomic mass is 10.2. The highest BCUT2D eigenvalue weighted by atomic mass is 16.5. The van der Waals surface area contributed by atoms with Gasteiger partial charge in [0.25, 0.3) is 0 Å². The first kappa shape index (κ1) is 11.0. The third-order valence-electron chi connectivity index (χ3n) is 1.38. The molecule has 0 fully saturated rings. The van der Waals surface area contributed by atoms with Gasteiger partial charge in [0.1, 0.15) is 6.61 Å². The van der Waals surface area contributed by atoms with Crippen molar-refractivity contribution in [1.82, 2.24) is 0 Å². The van der Waals surface area contributed by atoms with Gasteiger partial charge in [-0.3, -0.25) is 4.79 Å². The number of carbonyl (C=O) groups excluding carboxylic acids is 1. The molecule has 0 aromatic carbocycles. The minimum absolute atomic E-state index is 0.237. The molecular formula is C10H16O2. The third kappa shape index (κ3) is 5.71. The molecular weight excluding hydrogens is 152 g/mol. The van der Waals surface area contributed by atoms with Gasteiger partial charge in [0.05, 0.1) is 0 Å². The van der Waals surface area contributed by atoms with E-state index in [4.69, 9.17) is 4.74 Å². The van der Waals surface area contributed by atoms with E-state index in [1.54, 1.807) is 0 Å². The summed E-state index contributed by atoms with van der Waals surface area (Å²) in [7, 11) is 0. The number of rotatable bonds is 4. The van der Waals surface area contributed by atoms with E-state index in [1.165, 1.54) is 6.92 Å². The van der Waals surface area contributed by atoms with Crippen LogP contribution in [0.25, 0.3) is 0 Å². The molecule has 0 bridgehead atoms. The first-order chi connectivity index (χ1) is 5.70. The van der Waals surface area contributed by atoms with E-state index in [1.807, 2.05) is 25.2 Å². The normalized spacial score (nSPS) is 12.1. The van der Waals surface area contributed by atoms with Gasteiger partial charge in [0.2, 0.25) is 0 Å². The molecule has 0 aromatic rings. The smallest absolute Gasteiger partial charge is 0.302 e. The Kier molecular flexibility index (Phi) is 6.07.